The van der Waals surface area contributed by atoms with E-state index in [1.807, 2.05) is 11.8 Å². The fourth-order valence-corrected chi connectivity index (χ4v) is 2.20. The van der Waals surface area contributed by atoms with Crippen molar-refractivity contribution in [2.45, 2.75) is 6.92 Å². The second kappa shape index (κ2) is 5.16. The first-order valence-electron chi connectivity index (χ1n) is 5.18. The van der Waals surface area contributed by atoms with Gasteiger partial charge in [0.15, 0.2) is 11.5 Å². The molecule has 0 aliphatic heterocycles. The fourth-order valence-electron chi connectivity index (χ4n) is 1.51. The molecule has 6 heteroatoms. The first-order chi connectivity index (χ1) is 7.81. The monoisotopic (exact) mass is 237 g/mol. The number of rotatable bonds is 5. The Labute approximate surface area is 98.5 Å². The molecule has 86 valence electrons. The van der Waals surface area contributed by atoms with Gasteiger partial charge in [0.25, 0.3) is 0 Å². The van der Waals surface area contributed by atoms with Gasteiger partial charge < -0.3 is 10.3 Å². The number of nitrogens with zero attached hydrogens (tertiary/aromatic N) is 3. The maximum atomic E-state index is 4.21. The SMILES string of the molecule is CSCC(C)CNc1ncnc2nc[nH]c12. The van der Waals surface area contributed by atoms with E-state index in [4.69, 9.17) is 0 Å². The van der Waals surface area contributed by atoms with E-state index in [9.17, 15) is 0 Å². The third kappa shape index (κ3) is 2.44. The average Bonchev–Trinajstić information content (AvgIpc) is 2.75. The molecule has 16 heavy (non-hydrogen) atoms. The zero-order chi connectivity index (χ0) is 11.4. The van der Waals surface area contributed by atoms with E-state index in [1.54, 1.807) is 6.33 Å². The summed E-state index contributed by atoms with van der Waals surface area (Å²) in [4.78, 5) is 15.4. The highest BCUT2D eigenvalue weighted by atomic mass is 32.2. The van der Waals surface area contributed by atoms with Crippen molar-refractivity contribution in [3.8, 4) is 0 Å². The van der Waals surface area contributed by atoms with Crippen LogP contribution < -0.4 is 5.32 Å². The molecule has 0 aliphatic carbocycles. The first kappa shape index (κ1) is 11.2. The van der Waals surface area contributed by atoms with Crippen LogP contribution in [0.1, 0.15) is 6.92 Å². The Hall–Kier alpha value is -1.30. The number of nitrogens with one attached hydrogen (secondary N) is 2. The van der Waals surface area contributed by atoms with Gasteiger partial charge in [0.2, 0.25) is 0 Å². The van der Waals surface area contributed by atoms with Crippen molar-refractivity contribution in [3.63, 3.8) is 0 Å². The lowest BCUT2D eigenvalue weighted by atomic mass is 10.2. The minimum absolute atomic E-state index is 0.614. The van der Waals surface area contributed by atoms with Gasteiger partial charge in [0, 0.05) is 6.54 Å². The number of thioether (sulfide) groups is 1. The van der Waals surface area contributed by atoms with Gasteiger partial charge in [-0.3, -0.25) is 0 Å². The summed E-state index contributed by atoms with van der Waals surface area (Å²) in [7, 11) is 0. The molecule has 1 unspecified atom stereocenters. The Morgan fingerprint density at radius 1 is 1.44 bits per heavy atom. The van der Waals surface area contributed by atoms with Gasteiger partial charge in [-0.2, -0.15) is 11.8 Å². The maximum Gasteiger partial charge on any atom is 0.182 e. The van der Waals surface area contributed by atoms with Crippen LogP contribution in [0.3, 0.4) is 0 Å². The van der Waals surface area contributed by atoms with Crippen molar-refractivity contribution < 1.29 is 0 Å². The molecular formula is C10H15N5S. The molecule has 2 heterocycles. The zero-order valence-electron chi connectivity index (χ0n) is 9.40. The van der Waals surface area contributed by atoms with Crippen LogP contribution in [-0.2, 0) is 0 Å². The number of fused-ring (bicyclic) bond motifs is 1. The Bertz CT molecular complexity index is 455. The third-order valence-corrected chi connectivity index (χ3v) is 3.19. The molecule has 0 bridgehead atoms. The highest BCUT2D eigenvalue weighted by Crippen LogP contribution is 2.15. The summed E-state index contributed by atoms with van der Waals surface area (Å²) in [5.41, 5.74) is 1.58. The number of aromatic amines is 1. The van der Waals surface area contributed by atoms with E-state index < -0.39 is 0 Å². The van der Waals surface area contributed by atoms with Gasteiger partial charge in [-0.25, -0.2) is 15.0 Å². The molecule has 5 nitrogen and oxygen atoms in total. The van der Waals surface area contributed by atoms with Crippen LogP contribution in [0.2, 0.25) is 0 Å². The molecule has 2 aromatic heterocycles. The molecule has 0 saturated heterocycles. The Kier molecular flexibility index (Phi) is 3.61. The molecule has 0 aromatic carbocycles. The molecule has 2 rings (SSSR count). The van der Waals surface area contributed by atoms with Crippen LogP contribution in [0.15, 0.2) is 12.7 Å². The minimum atomic E-state index is 0.614. The van der Waals surface area contributed by atoms with E-state index in [0.29, 0.717) is 11.6 Å². The van der Waals surface area contributed by atoms with Gasteiger partial charge in [-0.15, -0.1) is 0 Å². The van der Waals surface area contributed by atoms with E-state index in [0.717, 1.165) is 23.6 Å². The van der Waals surface area contributed by atoms with Gasteiger partial charge >= 0.3 is 0 Å². The Balaban J connectivity index is 2.06. The van der Waals surface area contributed by atoms with E-state index in [2.05, 4.69) is 38.4 Å². The molecule has 0 amide bonds. The molecule has 0 aliphatic rings. The normalized spacial score (nSPS) is 12.9. The van der Waals surface area contributed by atoms with Crippen LogP contribution in [0, 0.1) is 5.92 Å². The summed E-state index contributed by atoms with van der Waals surface area (Å²) in [6, 6.07) is 0. The first-order valence-corrected chi connectivity index (χ1v) is 6.57. The summed E-state index contributed by atoms with van der Waals surface area (Å²) in [5, 5.41) is 3.32. The van der Waals surface area contributed by atoms with Gasteiger partial charge in [0.1, 0.15) is 11.8 Å². The van der Waals surface area contributed by atoms with E-state index in [1.165, 1.54) is 6.33 Å². The van der Waals surface area contributed by atoms with Crippen LogP contribution in [0.25, 0.3) is 11.2 Å². The van der Waals surface area contributed by atoms with Crippen molar-refractivity contribution in [2.24, 2.45) is 5.92 Å². The number of hydrogen-bond donors (Lipinski definition) is 2. The number of aromatic nitrogens is 4. The number of anilines is 1. The van der Waals surface area contributed by atoms with Gasteiger partial charge in [-0.05, 0) is 17.9 Å². The second-order valence-electron chi connectivity index (χ2n) is 3.76. The Morgan fingerprint density at radius 2 is 2.31 bits per heavy atom. The number of imidazole rings is 1. The lowest BCUT2D eigenvalue weighted by molar-refractivity contribution is 0.700. The number of hydrogen-bond acceptors (Lipinski definition) is 5. The topological polar surface area (TPSA) is 66.5 Å². The zero-order valence-corrected chi connectivity index (χ0v) is 10.2. The highest BCUT2D eigenvalue weighted by molar-refractivity contribution is 7.98. The predicted octanol–water partition coefficient (Wildman–Crippen LogP) is 1.76. The summed E-state index contributed by atoms with van der Waals surface area (Å²) < 4.78 is 0. The molecule has 0 fully saturated rings. The van der Waals surface area contributed by atoms with Crippen molar-refractivity contribution in [3.05, 3.63) is 12.7 Å². The summed E-state index contributed by atoms with van der Waals surface area (Å²) in [6.45, 7) is 3.13. The molecule has 2 aromatic rings. The fraction of sp³-hybridized carbons (Fsp3) is 0.500. The van der Waals surface area contributed by atoms with Crippen LogP contribution in [0.5, 0.6) is 0 Å². The summed E-state index contributed by atoms with van der Waals surface area (Å²) in [6.07, 6.45) is 5.29. The molecular weight excluding hydrogens is 222 g/mol. The molecule has 0 radical (unpaired) electrons. The smallest absolute Gasteiger partial charge is 0.182 e. The molecule has 2 N–H and O–H groups in total. The molecule has 0 spiro atoms. The lowest BCUT2D eigenvalue weighted by Gasteiger charge is -2.11. The van der Waals surface area contributed by atoms with E-state index >= 15 is 0 Å². The molecule has 0 saturated carbocycles. The van der Waals surface area contributed by atoms with Crippen LogP contribution in [0.4, 0.5) is 5.82 Å². The number of H-pyrrole nitrogens is 1. The van der Waals surface area contributed by atoms with Crippen molar-refractivity contribution in [1.29, 1.82) is 0 Å². The summed E-state index contributed by atoms with van der Waals surface area (Å²) >= 11 is 1.86. The lowest BCUT2D eigenvalue weighted by Crippen LogP contribution is -2.14. The van der Waals surface area contributed by atoms with Crippen molar-refractivity contribution in [1.82, 2.24) is 19.9 Å². The van der Waals surface area contributed by atoms with Gasteiger partial charge in [0.05, 0.1) is 6.33 Å². The quantitative estimate of drug-likeness (QED) is 0.829. The Morgan fingerprint density at radius 3 is 3.12 bits per heavy atom. The highest BCUT2D eigenvalue weighted by Gasteiger charge is 2.06. The third-order valence-electron chi connectivity index (χ3n) is 2.29. The van der Waals surface area contributed by atoms with E-state index in [-0.39, 0.29) is 0 Å². The standard InChI is InChI=1S/C10H15N5S/c1-7(4-16-2)3-11-9-8-10(13-5-12-8)15-6-14-9/h5-7H,3-4H2,1-2H3,(H2,11,12,13,14,15). The molecule has 1 atom stereocenters. The largest absolute Gasteiger partial charge is 0.368 e. The van der Waals surface area contributed by atoms with Crippen LogP contribution in [-0.4, -0.2) is 38.5 Å². The second-order valence-corrected chi connectivity index (χ2v) is 4.68. The van der Waals surface area contributed by atoms with Crippen molar-refractivity contribution in [2.75, 3.05) is 23.9 Å². The van der Waals surface area contributed by atoms with Crippen LogP contribution >= 0.6 is 11.8 Å². The maximum absolute atomic E-state index is 4.21. The minimum Gasteiger partial charge on any atom is -0.368 e. The predicted molar refractivity (Wildman–Crippen MR) is 67.7 cm³/mol. The van der Waals surface area contributed by atoms with Gasteiger partial charge in [-0.1, -0.05) is 6.92 Å². The van der Waals surface area contributed by atoms with Crippen molar-refractivity contribution >= 4 is 28.7 Å². The summed E-state index contributed by atoms with van der Waals surface area (Å²) in [5.74, 6) is 2.59. The average molecular weight is 237 g/mol.